The number of hydrogen-bond donors (Lipinski definition) is 2. The van der Waals surface area contributed by atoms with Gasteiger partial charge in [0.15, 0.2) is 0 Å². The van der Waals surface area contributed by atoms with Crippen LogP contribution < -0.4 is 5.73 Å². The summed E-state index contributed by atoms with van der Waals surface area (Å²) in [5.41, 5.74) is 7.50. The number of aromatic hydroxyl groups is 1. The first-order valence-electron chi connectivity index (χ1n) is 5.83. The van der Waals surface area contributed by atoms with Crippen molar-refractivity contribution in [3.05, 3.63) is 28.8 Å². The standard InChI is InChI=1S/C15H19NO2/c1-10-8-11(6-5-7-13(16)17)9-12(14(10)18)15(2,3)4/h8-9,18H,6H2,1-4H3,(H2,16,17). The third-order valence-corrected chi connectivity index (χ3v) is 2.67. The van der Waals surface area contributed by atoms with E-state index in [9.17, 15) is 9.90 Å². The van der Waals surface area contributed by atoms with Crippen molar-refractivity contribution in [3.8, 4) is 17.6 Å². The maximum absolute atomic E-state index is 10.5. The molecule has 0 heterocycles. The van der Waals surface area contributed by atoms with Crippen LogP contribution in [0.4, 0.5) is 0 Å². The number of carbonyl (C=O) groups excluding carboxylic acids is 1. The van der Waals surface area contributed by atoms with Crippen LogP contribution in [0.25, 0.3) is 0 Å². The van der Waals surface area contributed by atoms with Crippen LogP contribution in [0, 0.1) is 18.8 Å². The molecule has 0 atom stereocenters. The van der Waals surface area contributed by atoms with Crippen molar-refractivity contribution < 1.29 is 9.90 Å². The number of phenols is 1. The Balaban J connectivity index is 3.14. The molecule has 3 nitrogen and oxygen atoms in total. The predicted molar refractivity (Wildman–Crippen MR) is 72.2 cm³/mol. The Morgan fingerprint density at radius 3 is 2.50 bits per heavy atom. The molecule has 0 bridgehead atoms. The topological polar surface area (TPSA) is 63.3 Å². The summed E-state index contributed by atoms with van der Waals surface area (Å²) in [6.07, 6.45) is 0.452. The SMILES string of the molecule is Cc1cc(CC#CC(N)=O)cc(C(C)(C)C)c1O. The molecule has 0 aliphatic heterocycles. The fraction of sp³-hybridized carbons (Fsp3) is 0.400. The summed E-state index contributed by atoms with van der Waals surface area (Å²) in [4.78, 5) is 10.5. The lowest BCUT2D eigenvalue weighted by Gasteiger charge is -2.22. The molecule has 0 spiro atoms. The van der Waals surface area contributed by atoms with Crippen LogP contribution in [0.1, 0.15) is 37.5 Å². The summed E-state index contributed by atoms with van der Waals surface area (Å²) >= 11 is 0. The molecule has 0 aliphatic rings. The van der Waals surface area contributed by atoms with Gasteiger partial charge in [-0.05, 0) is 34.9 Å². The number of hydrogen-bond acceptors (Lipinski definition) is 2. The summed E-state index contributed by atoms with van der Waals surface area (Å²) in [7, 11) is 0. The second-order valence-electron chi connectivity index (χ2n) is 5.40. The molecular formula is C15H19NO2. The van der Waals surface area contributed by atoms with E-state index in [0.29, 0.717) is 12.2 Å². The lowest BCUT2D eigenvalue weighted by Crippen LogP contribution is -2.12. The van der Waals surface area contributed by atoms with E-state index < -0.39 is 5.91 Å². The van der Waals surface area contributed by atoms with Gasteiger partial charge in [-0.15, -0.1) is 0 Å². The Morgan fingerprint density at radius 2 is 2.00 bits per heavy atom. The fourth-order valence-corrected chi connectivity index (χ4v) is 1.76. The summed E-state index contributed by atoms with van der Waals surface area (Å²) in [5, 5.41) is 10.1. The molecule has 3 N–H and O–H groups in total. The Labute approximate surface area is 108 Å². The van der Waals surface area contributed by atoms with Gasteiger partial charge in [0.05, 0.1) is 0 Å². The molecule has 0 fully saturated rings. The second-order valence-corrected chi connectivity index (χ2v) is 5.40. The van der Waals surface area contributed by atoms with Crippen molar-refractivity contribution in [2.75, 3.05) is 0 Å². The Morgan fingerprint density at radius 1 is 1.39 bits per heavy atom. The van der Waals surface area contributed by atoms with Crippen LogP contribution in [0.5, 0.6) is 5.75 Å². The molecule has 18 heavy (non-hydrogen) atoms. The third-order valence-electron chi connectivity index (χ3n) is 2.67. The molecule has 0 unspecified atom stereocenters. The molecule has 0 saturated carbocycles. The van der Waals surface area contributed by atoms with Gasteiger partial charge in [0, 0.05) is 6.42 Å². The van der Waals surface area contributed by atoms with E-state index in [4.69, 9.17) is 5.73 Å². The summed E-state index contributed by atoms with van der Waals surface area (Å²) in [6, 6.07) is 3.80. The van der Waals surface area contributed by atoms with Gasteiger partial charge in [0.2, 0.25) is 0 Å². The highest BCUT2D eigenvalue weighted by molar-refractivity contribution is 5.91. The lowest BCUT2D eigenvalue weighted by atomic mass is 9.84. The molecular weight excluding hydrogens is 226 g/mol. The first-order valence-corrected chi connectivity index (χ1v) is 5.83. The molecule has 1 aromatic rings. The minimum atomic E-state index is -0.624. The van der Waals surface area contributed by atoms with E-state index in [1.807, 2.05) is 39.8 Å². The molecule has 1 aromatic carbocycles. The summed E-state index contributed by atoms with van der Waals surface area (Å²) in [5.74, 6) is 4.74. The van der Waals surface area contributed by atoms with Gasteiger partial charge in [0.1, 0.15) is 5.75 Å². The van der Waals surface area contributed by atoms with Crippen LogP contribution in [0.2, 0.25) is 0 Å². The summed E-state index contributed by atoms with van der Waals surface area (Å²) < 4.78 is 0. The Kier molecular flexibility index (Phi) is 4.03. The van der Waals surface area contributed by atoms with E-state index in [0.717, 1.165) is 16.7 Å². The largest absolute Gasteiger partial charge is 0.507 e. The minimum Gasteiger partial charge on any atom is -0.507 e. The fourth-order valence-electron chi connectivity index (χ4n) is 1.76. The van der Waals surface area contributed by atoms with Gasteiger partial charge in [0.25, 0.3) is 5.91 Å². The Hall–Kier alpha value is -1.95. The van der Waals surface area contributed by atoms with Crippen molar-refractivity contribution in [3.63, 3.8) is 0 Å². The second kappa shape index (κ2) is 5.14. The number of benzene rings is 1. The zero-order valence-corrected chi connectivity index (χ0v) is 11.3. The highest BCUT2D eigenvalue weighted by atomic mass is 16.3. The predicted octanol–water partition coefficient (Wildman–Crippen LogP) is 2.03. The van der Waals surface area contributed by atoms with E-state index in [-0.39, 0.29) is 5.41 Å². The normalized spacial score (nSPS) is 10.7. The quantitative estimate of drug-likeness (QED) is 0.744. The van der Waals surface area contributed by atoms with Gasteiger partial charge in [-0.3, -0.25) is 4.79 Å². The number of primary amides is 1. The van der Waals surface area contributed by atoms with E-state index in [2.05, 4.69) is 11.8 Å². The van der Waals surface area contributed by atoms with Crippen LogP contribution in [-0.4, -0.2) is 11.0 Å². The monoisotopic (exact) mass is 245 g/mol. The molecule has 1 amide bonds. The van der Waals surface area contributed by atoms with E-state index in [1.165, 1.54) is 0 Å². The Bertz CT molecular complexity index is 528. The molecule has 0 aromatic heterocycles. The third kappa shape index (κ3) is 3.53. The number of nitrogens with two attached hydrogens (primary N) is 1. The van der Waals surface area contributed by atoms with Crippen molar-refractivity contribution in [2.24, 2.45) is 5.73 Å². The number of phenolic OH excluding ortho intramolecular Hbond substituents is 1. The van der Waals surface area contributed by atoms with E-state index >= 15 is 0 Å². The smallest absolute Gasteiger partial charge is 0.293 e. The molecule has 0 radical (unpaired) electrons. The highest BCUT2D eigenvalue weighted by Gasteiger charge is 2.19. The van der Waals surface area contributed by atoms with Crippen molar-refractivity contribution >= 4 is 5.91 Å². The number of aryl methyl sites for hydroxylation is 1. The van der Waals surface area contributed by atoms with E-state index in [1.54, 1.807) is 0 Å². The maximum Gasteiger partial charge on any atom is 0.293 e. The van der Waals surface area contributed by atoms with Gasteiger partial charge in [-0.2, -0.15) is 0 Å². The van der Waals surface area contributed by atoms with Crippen LogP contribution >= 0.6 is 0 Å². The summed E-state index contributed by atoms with van der Waals surface area (Å²) in [6.45, 7) is 7.98. The van der Waals surface area contributed by atoms with Gasteiger partial charge < -0.3 is 10.8 Å². The minimum absolute atomic E-state index is 0.137. The first kappa shape index (κ1) is 14.1. The van der Waals surface area contributed by atoms with Gasteiger partial charge in [-0.25, -0.2) is 0 Å². The first-order chi connectivity index (χ1) is 8.21. The lowest BCUT2D eigenvalue weighted by molar-refractivity contribution is -0.112. The maximum atomic E-state index is 10.5. The number of carbonyl (C=O) groups is 1. The average Bonchev–Trinajstić information content (AvgIpc) is 2.20. The molecule has 96 valence electrons. The number of amides is 1. The number of rotatable bonds is 1. The van der Waals surface area contributed by atoms with Crippen LogP contribution in [0.3, 0.4) is 0 Å². The van der Waals surface area contributed by atoms with Crippen molar-refractivity contribution in [2.45, 2.75) is 39.5 Å². The zero-order chi connectivity index (χ0) is 13.9. The molecule has 1 rings (SSSR count). The van der Waals surface area contributed by atoms with Gasteiger partial charge in [-0.1, -0.05) is 38.8 Å². The molecule has 3 heteroatoms. The van der Waals surface area contributed by atoms with Crippen LogP contribution in [0.15, 0.2) is 12.1 Å². The molecule has 0 saturated heterocycles. The molecule has 0 aliphatic carbocycles. The van der Waals surface area contributed by atoms with Crippen molar-refractivity contribution in [1.82, 2.24) is 0 Å². The van der Waals surface area contributed by atoms with Gasteiger partial charge >= 0.3 is 0 Å². The average molecular weight is 245 g/mol. The highest BCUT2D eigenvalue weighted by Crippen LogP contribution is 2.34. The van der Waals surface area contributed by atoms with Crippen LogP contribution in [-0.2, 0) is 16.6 Å². The van der Waals surface area contributed by atoms with Crippen molar-refractivity contribution in [1.29, 1.82) is 0 Å². The zero-order valence-electron chi connectivity index (χ0n) is 11.3.